The highest BCUT2D eigenvalue weighted by atomic mass is 32.1. The predicted molar refractivity (Wildman–Crippen MR) is 623 cm³/mol. The maximum absolute atomic E-state index is 2.48. The summed E-state index contributed by atoms with van der Waals surface area (Å²) in [7, 11) is 0. The molecule has 0 bridgehead atoms. The summed E-state index contributed by atoms with van der Waals surface area (Å²) in [4.78, 5) is 0. The van der Waals surface area contributed by atoms with E-state index in [4.69, 9.17) is 0 Å². The molecule has 8 heterocycles. The molecule has 686 valence electrons. The highest BCUT2D eigenvalue weighted by Crippen LogP contribution is 2.56. The Morgan fingerprint density at radius 2 is 0.411 bits per heavy atom. The first-order valence-electron chi connectivity index (χ1n) is 50.6. The van der Waals surface area contributed by atoms with Crippen LogP contribution in [0, 0.1) is 0 Å². The van der Waals surface area contributed by atoms with Crippen molar-refractivity contribution in [1.29, 1.82) is 0 Å². The Balaban J connectivity index is 0.000000102. The van der Waals surface area contributed by atoms with Gasteiger partial charge in [-0.2, -0.15) is 0 Å². The zero-order valence-corrected chi connectivity index (χ0v) is 82.3. The van der Waals surface area contributed by atoms with E-state index in [1.165, 1.54) is 283 Å². The summed E-state index contributed by atoms with van der Waals surface area (Å²) in [5.41, 5.74) is 40.1. The molecule has 30 aromatic rings. The lowest BCUT2D eigenvalue weighted by Gasteiger charge is -2.21. The van der Waals surface area contributed by atoms with Gasteiger partial charge in [0.05, 0.1) is 66.2 Å². The lowest BCUT2D eigenvalue weighted by Crippen LogP contribution is -2.14. The standard InChI is InChI=1S/C51H36N2.C45H30N2S.C42H26N2S/c1-51(2)45-17-9-6-14-39(45)42-31-44-41-16-8-11-19-48(41)53(50(44)32-46(42)51)38-27-24-34(25-28-38)33-20-22-35(23-21-33)36-26-29-49-43(30-36)40-15-7-10-18-47(40)52(49)37-12-4-3-5-13-37;1-45(2)36-17-9-6-14-29(36)33-25-35-34-24-28(20-22-39(34)46(41(35)26-37(33)45)27-12-4-3-5-13-27)47-38-18-10-7-16-32(38)43-40(47)23-21-31-30-15-8-11-19-42(30)48-44(31)43;1-2-10-29(11-3-1)43-36-15-7-4-12-31(36)35-26-28(20-24-38(35)43)27-18-21-30(22-19-27)44-37-16-8-5-14-34(37)41-39(44)25-23-33-32-13-6-9-17-40(32)45-42(33)41/h3-32H,1-2H3;3-26H,1-2H3;1-26H. The van der Waals surface area contributed by atoms with Crippen LogP contribution in [0.5, 0.6) is 0 Å². The van der Waals surface area contributed by atoms with Crippen LogP contribution in [0.4, 0.5) is 0 Å². The molecule has 6 nitrogen and oxygen atoms in total. The summed E-state index contributed by atoms with van der Waals surface area (Å²) in [6.45, 7) is 9.46. The molecular formula is C138H92N6S2. The van der Waals surface area contributed by atoms with Crippen LogP contribution in [0.15, 0.2) is 485 Å². The molecular weight excluding hydrogens is 1810 g/mol. The van der Waals surface area contributed by atoms with Crippen LogP contribution in [-0.2, 0) is 10.8 Å². The molecule has 0 atom stereocenters. The molecule has 0 spiro atoms. The second-order valence-corrected chi connectivity index (χ2v) is 42.6. The average Bonchev–Trinajstić information content (AvgIpc) is 1.54. The van der Waals surface area contributed by atoms with Crippen LogP contribution in [0.3, 0.4) is 0 Å². The van der Waals surface area contributed by atoms with Gasteiger partial charge >= 0.3 is 0 Å². The molecule has 8 heteroatoms. The van der Waals surface area contributed by atoms with Crippen molar-refractivity contribution in [3.8, 4) is 89.8 Å². The maximum atomic E-state index is 2.48. The van der Waals surface area contributed by atoms with E-state index in [0.29, 0.717) is 0 Å². The van der Waals surface area contributed by atoms with Crippen LogP contribution in [0.2, 0.25) is 0 Å². The fourth-order valence-corrected chi connectivity index (χ4v) is 27.7. The summed E-state index contributed by atoms with van der Waals surface area (Å²) < 4.78 is 19.9. The fourth-order valence-electron chi connectivity index (χ4n) is 25.1. The van der Waals surface area contributed by atoms with Gasteiger partial charge in [-0.1, -0.05) is 331 Å². The number of nitrogens with zero attached hydrogens (tertiary/aromatic N) is 6. The Bertz CT molecular complexity index is 10700. The third kappa shape index (κ3) is 12.6. The molecule has 0 saturated carbocycles. The molecule has 0 N–H and O–H groups in total. The second kappa shape index (κ2) is 32.3. The van der Waals surface area contributed by atoms with Gasteiger partial charge in [-0.05, 0) is 260 Å². The fraction of sp³-hybridized carbons (Fsp3) is 0.0435. The van der Waals surface area contributed by atoms with Gasteiger partial charge in [-0.15, -0.1) is 22.7 Å². The predicted octanol–water partition coefficient (Wildman–Crippen LogP) is 38.0. The number of aromatic nitrogens is 6. The Hall–Kier alpha value is -17.9. The Kier molecular flexibility index (Phi) is 18.5. The van der Waals surface area contributed by atoms with E-state index in [1.54, 1.807) is 0 Å². The quantitative estimate of drug-likeness (QED) is 0.138. The van der Waals surface area contributed by atoms with Crippen molar-refractivity contribution in [3.05, 3.63) is 508 Å². The van der Waals surface area contributed by atoms with Crippen LogP contribution in [-0.4, -0.2) is 27.4 Å². The summed E-state index contributed by atoms with van der Waals surface area (Å²) in [5, 5.41) is 20.9. The zero-order valence-electron chi connectivity index (χ0n) is 80.7. The average molecular weight is 1900 g/mol. The lowest BCUT2D eigenvalue weighted by atomic mass is 9.82. The minimum Gasteiger partial charge on any atom is -0.309 e. The largest absolute Gasteiger partial charge is 0.309 e. The third-order valence-electron chi connectivity index (χ3n) is 32.0. The zero-order chi connectivity index (χ0) is 96.5. The SMILES string of the molecule is CC1(C)c2ccccc2-c2cc3c4cc(-n5c6ccccc6c6c7sc8ccccc8c7ccc65)ccc4n(-c4ccccc4)c3cc21.CC1(C)c2ccccc2-c2cc3c4ccccc4n(-c4ccc(-c5ccc(-c6ccc7c(c6)c6ccccc6n7-c6ccccc6)cc5)cc4)c3cc21.c1ccc(-n2c3ccccc3c3cc(-c4ccc(-n5c6ccccc6c6c7sc8ccccc8c7ccc65)cc4)ccc32)cc1. The number of thiophene rings is 2. The number of benzene rings is 22. The highest BCUT2D eigenvalue weighted by molar-refractivity contribution is 7.27. The Morgan fingerprint density at radius 3 is 0.822 bits per heavy atom. The van der Waals surface area contributed by atoms with Crippen LogP contribution < -0.4 is 0 Å². The summed E-state index contributed by atoms with van der Waals surface area (Å²) in [5.74, 6) is 0. The van der Waals surface area contributed by atoms with Gasteiger partial charge in [-0.3, -0.25) is 0 Å². The van der Waals surface area contributed by atoms with Gasteiger partial charge in [0.25, 0.3) is 0 Å². The molecule has 2 aliphatic carbocycles. The van der Waals surface area contributed by atoms with Crippen molar-refractivity contribution in [3.63, 3.8) is 0 Å². The van der Waals surface area contributed by atoms with E-state index in [9.17, 15) is 0 Å². The molecule has 0 fully saturated rings. The molecule has 8 aromatic heterocycles. The number of para-hydroxylation sites is 8. The van der Waals surface area contributed by atoms with E-state index < -0.39 is 0 Å². The van der Waals surface area contributed by atoms with Gasteiger partial charge in [0, 0.05) is 150 Å². The minimum absolute atomic E-state index is 0.0514. The topological polar surface area (TPSA) is 29.6 Å². The van der Waals surface area contributed by atoms with Crippen molar-refractivity contribution in [1.82, 2.24) is 27.4 Å². The molecule has 0 radical (unpaired) electrons. The smallest absolute Gasteiger partial charge is 0.0555 e. The van der Waals surface area contributed by atoms with Gasteiger partial charge in [0.1, 0.15) is 0 Å². The van der Waals surface area contributed by atoms with Gasteiger partial charge in [0.15, 0.2) is 0 Å². The highest BCUT2D eigenvalue weighted by Gasteiger charge is 2.39. The van der Waals surface area contributed by atoms with Gasteiger partial charge in [0.2, 0.25) is 0 Å². The van der Waals surface area contributed by atoms with E-state index >= 15 is 0 Å². The lowest BCUT2D eigenvalue weighted by molar-refractivity contribution is 0.661. The van der Waals surface area contributed by atoms with Crippen molar-refractivity contribution in [2.24, 2.45) is 0 Å². The molecule has 2 aliphatic rings. The third-order valence-corrected chi connectivity index (χ3v) is 34.4. The van der Waals surface area contributed by atoms with E-state index in [2.05, 4.69) is 540 Å². The van der Waals surface area contributed by atoms with Crippen LogP contribution in [0.25, 0.3) is 261 Å². The van der Waals surface area contributed by atoms with Crippen molar-refractivity contribution >= 4 is 194 Å². The monoisotopic (exact) mass is 1900 g/mol. The summed E-state index contributed by atoms with van der Waals surface area (Å²) in [6.07, 6.45) is 0. The Labute approximate surface area is 850 Å². The normalized spacial score (nSPS) is 13.0. The molecule has 146 heavy (non-hydrogen) atoms. The molecule has 0 aliphatic heterocycles. The van der Waals surface area contributed by atoms with Crippen molar-refractivity contribution in [2.45, 2.75) is 38.5 Å². The second-order valence-electron chi connectivity index (χ2n) is 40.5. The van der Waals surface area contributed by atoms with Crippen molar-refractivity contribution in [2.75, 3.05) is 0 Å². The van der Waals surface area contributed by atoms with E-state index in [1.807, 2.05) is 22.7 Å². The molecule has 0 unspecified atom stereocenters. The van der Waals surface area contributed by atoms with Crippen molar-refractivity contribution < 1.29 is 0 Å². The maximum Gasteiger partial charge on any atom is 0.0555 e. The molecule has 0 amide bonds. The Morgan fingerprint density at radius 1 is 0.151 bits per heavy atom. The summed E-state index contributed by atoms with van der Waals surface area (Å²) in [6, 6.07) is 179. The van der Waals surface area contributed by atoms with Crippen LogP contribution >= 0.6 is 22.7 Å². The number of fused-ring (bicyclic) bond motifs is 32. The summed E-state index contributed by atoms with van der Waals surface area (Å²) >= 11 is 3.81. The first-order chi connectivity index (χ1) is 71.9. The van der Waals surface area contributed by atoms with Crippen LogP contribution in [0.1, 0.15) is 49.9 Å². The van der Waals surface area contributed by atoms with Gasteiger partial charge < -0.3 is 27.4 Å². The molecule has 0 saturated heterocycles. The first-order valence-corrected chi connectivity index (χ1v) is 52.2. The van der Waals surface area contributed by atoms with E-state index in [-0.39, 0.29) is 10.8 Å². The molecule has 22 aromatic carbocycles. The number of hydrogen-bond donors (Lipinski definition) is 0. The number of rotatable bonds is 9. The van der Waals surface area contributed by atoms with Gasteiger partial charge in [-0.25, -0.2) is 0 Å². The minimum atomic E-state index is -0.0653. The first kappa shape index (κ1) is 83.8. The van der Waals surface area contributed by atoms with E-state index in [0.717, 1.165) is 0 Å². The molecule has 32 rings (SSSR count). The number of hydrogen-bond acceptors (Lipinski definition) is 2.